The fourth-order valence-corrected chi connectivity index (χ4v) is 2.89. The predicted octanol–water partition coefficient (Wildman–Crippen LogP) is -0.883. The standard InChI is InChI=1S/C20H29N5O7/c1-12(2)16(25-20(29)32-7-6-31-5-4-30-3)18(27)24-15-9-13-8-14(23-11-22-13)10-21-19(28)17(15)26/h8,11-12,15-16H,4-7,9-10H2,1-3H3,(H,21,28)(H,24,27)(H,25,29). The summed E-state index contributed by atoms with van der Waals surface area (Å²) in [5.41, 5.74) is 1.06. The molecule has 0 fully saturated rings. The van der Waals surface area contributed by atoms with E-state index < -0.39 is 35.8 Å². The van der Waals surface area contributed by atoms with Gasteiger partial charge in [0.1, 0.15) is 25.0 Å². The Bertz CT molecular complexity index is 817. The Morgan fingerprint density at radius 3 is 2.59 bits per heavy atom. The fourth-order valence-electron chi connectivity index (χ4n) is 2.89. The van der Waals surface area contributed by atoms with Crippen LogP contribution in [-0.2, 0) is 41.6 Å². The van der Waals surface area contributed by atoms with Gasteiger partial charge in [-0.05, 0) is 12.0 Å². The average molecular weight is 451 g/mol. The van der Waals surface area contributed by atoms with Gasteiger partial charge in [-0.2, -0.15) is 0 Å². The first kappa shape index (κ1) is 25.1. The van der Waals surface area contributed by atoms with Gasteiger partial charge in [0.25, 0.3) is 5.91 Å². The van der Waals surface area contributed by atoms with Crippen LogP contribution in [0.3, 0.4) is 0 Å². The van der Waals surface area contributed by atoms with Crippen molar-refractivity contribution in [2.24, 2.45) is 5.92 Å². The van der Waals surface area contributed by atoms with E-state index in [-0.39, 0.29) is 32.1 Å². The highest BCUT2D eigenvalue weighted by molar-refractivity contribution is 6.38. The molecule has 0 aromatic carbocycles. The summed E-state index contributed by atoms with van der Waals surface area (Å²) in [6, 6.07) is -0.472. The molecule has 1 aliphatic rings. The number of Topliss-reactive ketones (excluding diaryl/α,β-unsaturated/α-hetero) is 1. The van der Waals surface area contributed by atoms with E-state index in [1.807, 2.05) is 0 Å². The lowest BCUT2D eigenvalue weighted by Crippen LogP contribution is -2.56. The number of nitrogens with zero attached hydrogens (tertiary/aromatic N) is 2. The third kappa shape index (κ3) is 7.85. The number of aromatic nitrogens is 2. The van der Waals surface area contributed by atoms with Crippen LogP contribution in [0.2, 0.25) is 0 Å². The fraction of sp³-hybridized carbons (Fsp3) is 0.600. The van der Waals surface area contributed by atoms with Crippen LogP contribution in [0.25, 0.3) is 0 Å². The summed E-state index contributed by atoms with van der Waals surface area (Å²) in [4.78, 5) is 57.8. The van der Waals surface area contributed by atoms with E-state index in [0.29, 0.717) is 24.6 Å². The maximum atomic E-state index is 12.9. The molecule has 0 saturated carbocycles. The molecule has 1 aliphatic heterocycles. The summed E-state index contributed by atoms with van der Waals surface area (Å²) in [5.74, 6) is -2.57. The van der Waals surface area contributed by atoms with Crippen molar-refractivity contribution in [3.05, 3.63) is 23.8 Å². The van der Waals surface area contributed by atoms with Crippen LogP contribution < -0.4 is 16.0 Å². The largest absolute Gasteiger partial charge is 0.447 e. The molecule has 2 bridgehead atoms. The molecule has 0 spiro atoms. The van der Waals surface area contributed by atoms with Gasteiger partial charge in [-0.1, -0.05) is 13.8 Å². The van der Waals surface area contributed by atoms with Crippen molar-refractivity contribution in [2.75, 3.05) is 33.5 Å². The van der Waals surface area contributed by atoms with Crippen molar-refractivity contribution < 1.29 is 33.4 Å². The summed E-state index contributed by atoms with van der Waals surface area (Å²) in [6.07, 6.45) is 0.550. The first-order valence-electron chi connectivity index (χ1n) is 10.2. The normalized spacial score (nSPS) is 16.9. The van der Waals surface area contributed by atoms with Gasteiger partial charge in [-0.15, -0.1) is 0 Å². The van der Waals surface area contributed by atoms with Gasteiger partial charge in [-0.25, -0.2) is 14.8 Å². The number of amides is 3. The van der Waals surface area contributed by atoms with Crippen molar-refractivity contribution >= 4 is 23.7 Å². The van der Waals surface area contributed by atoms with Crippen LogP contribution >= 0.6 is 0 Å². The number of nitrogens with one attached hydrogen (secondary N) is 3. The maximum Gasteiger partial charge on any atom is 0.407 e. The number of rotatable bonds is 10. The summed E-state index contributed by atoms with van der Waals surface area (Å²) in [7, 11) is 1.55. The van der Waals surface area contributed by atoms with E-state index in [9.17, 15) is 19.2 Å². The van der Waals surface area contributed by atoms with Crippen molar-refractivity contribution in [2.45, 2.75) is 38.9 Å². The number of fused-ring (bicyclic) bond motifs is 2. The minimum absolute atomic E-state index is 0.000685. The summed E-state index contributed by atoms with van der Waals surface area (Å²) >= 11 is 0. The van der Waals surface area contributed by atoms with Crippen LogP contribution in [0.5, 0.6) is 0 Å². The Balaban J connectivity index is 1.97. The van der Waals surface area contributed by atoms with Crippen molar-refractivity contribution in [1.82, 2.24) is 25.9 Å². The van der Waals surface area contributed by atoms with E-state index >= 15 is 0 Å². The van der Waals surface area contributed by atoms with Crippen LogP contribution in [0, 0.1) is 5.92 Å². The molecule has 0 aliphatic carbocycles. The highest BCUT2D eigenvalue weighted by Gasteiger charge is 2.32. The van der Waals surface area contributed by atoms with Crippen molar-refractivity contribution in [3.63, 3.8) is 0 Å². The van der Waals surface area contributed by atoms with Crippen molar-refractivity contribution in [3.8, 4) is 0 Å². The zero-order valence-electron chi connectivity index (χ0n) is 18.4. The summed E-state index contributed by atoms with van der Waals surface area (Å²) in [6.45, 7) is 4.52. The first-order valence-corrected chi connectivity index (χ1v) is 10.2. The quantitative estimate of drug-likeness (QED) is 0.303. The van der Waals surface area contributed by atoms with E-state index in [2.05, 4.69) is 25.9 Å². The Kier molecular flexibility index (Phi) is 9.95. The van der Waals surface area contributed by atoms with Gasteiger partial charge in [0, 0.05) is 19.2 Å². The van der Waals surface area contributed by atoms with Gasteiger partial charge in [0.2, 0.25) is 11.7 Å². The molecule has 3 N–H and O–H groups in total. The molecule has 2 unspecified atom stereocenters. The summed E-state index contributed by atoms with van der Waals surface area (Å²) < 4.78 is 15.1. The number of ketones is 1. The molecule has 1 aromatic rings. The molecule has 12 heteroatoms. The molecule has 2 rings (SSSR count). The second-order valence-corrected chi connectivity index (χ2v) is 7.42. The van der Waals surface area contributed by atoms with Gasteiger partial charge in [0.05, 0.1) is 32.1 Å². The Hall–Kier alpha value is -3.12. The van der Waals surface area contributed by atoms with Gasteiger partial charge < -0.3 is 30.2 Å². The lowest BCUT2D eigenvalue weighted by molar-refractivity contribution is -0.140. The van der Waals surface area contributed by atoms with Crippen LogP contribution in [0.4, 0.5) is 4.79 Å². The highest BCUT2D eigenvalue weighted by atomic mass is 16.6. The minimum Gasteiger partial charge on any atom is -0.447 e. The maximum absolute atomic E-state index is 12.9. The van der Waals surface area contributed by atoms with Gasteiger partial charge >= 0.3 is 6.09 Å². The molecule has 2 heterocycles. The van der Waals surface area contributed by atoms with Gasteiger partial charge in [0.15, 0.2) is 0 Å². The van der Waals surface area contributed by atoms with Crippen LogP contribution in [0.15, 0.2) is 12.4 Å². The van der Waals surface area contributed by atoms with Gasteiger partial charge in [-0.3, -0.25) is 14.4 Å². The third-order valence-electron chi connectivity index (χ3n) is 4.60. The number of carbonyl (C=O) groups is 4. The molecule has 32 heavy (non-hydrogen) atoms. The molecule has 2 atom stereocenters. The smallest absolute Gasteiger partial charge is 0.407 e. The monoisotopic (exact) mass is 451 g/mol. The number of hydrogen-bond donors (Lipinski definition) is 3. The topological polar surface area (TPSA) is 158 Å². The zero-order valence-corrected chi connectivity index (χ0v) is 18.4. The zero-order chi connectivity index (χ0) is 23.5. The van der Waals surface area contributed by atoms with E-state index in [4.69, 9.17) is 14.2 Å². The van der Waals surface area contributed by atoms with Crippen LogP contribution in [-0.4, -0.2) is 79.3 Å². The lowest BCUT2D eigenvalue weighted by atomic mass is 10.0. The number of ether oxygens (including phenoxy) is 3. The molecule has 176 valence electrons. The molecule has 0 saturated heterocycles. The molecule has 12 nitrogen and oxygen atoms in total. The highest BCUT2D eigenvalue weighted by Crippen LogP contribution is 2.09. The van der Waals surface area contributed by atoms with E-state index in [1.165, 1.54) is 6.33 Å². The molecular weight excluding hydrogens is 422 g/mol. The lowest BCUT2D eigenvalue weighted by Gasteiger charge is -2.24. The number of methoxy groups -OCH3 is 1. The SMILES string of the molecule is COCCOCCOC(=O)NC(C(=O)NC1Cc2cc(ncn2)CNC(=O)C1=O)C(C)C. The molecule has 3 amide bonds. The molecule has 1 aromatic heterocycles. The third-order valence-corrected chi connectivity index (χ3v) is 4.60. The second-order valence-electron chi connectivity index (χ2n) is 7.42. The number of alkyl carbamates (subject to hydrolysis) is 1. The Morgan fingerprint density at radius 2 is 1.88 bits per heavy atom. The number of hydrogen-bond acceptors (Lipinski definition) is 9. The average Bonchev–Trinajstić information content (AvgIpc) is 2.79. The Morgan fingerprint density at radius 1 is 1.16 bits per heavy atom. The van der Waals surface area contributed by atoms with E-state index in [1.54, 1.807) is 27.0 Å². The van der Waals surface area contributed by atoms with Crippen LogP contribution in [0.1, 0.15) is 25.2 Å². The summed E-state index contributed by atoms with van der Waals surface area (Å²) in [5, 5.41) is 7.52. The van der Waals surface area contributed by atoms with Crippen molar-refractivity contribution in [1.29, 1.82) is 0 Å². The molecule has 0 radical (unpaired) electrons. The minimum atomic E-state index is -1.14. The van der Waals surface area contributed by atoms with E-state index in [0.717, 1.165) is 0 Å². The second kappa shape index (κ2) is 12.7. The molecular formula is C20H29N5O7. The predicted molar refractivity (Wildman–Crippen MR) is 110 cm³/mol. The first-order chi connectivity index (χ1) is 15.3. The number of carbonyl (C=O) groups excluding carboxylic acids is 4. The Labute approximate surface area is 185 Å².